The molecular weight excluding hydrogens is 406 g/mol. The minimum Gasteiger partial charge on any atom is -0.388 e. The average molecular weight is 434 g/mol. The van der Waals surface area contributed by atoms with Gasteiger partial charge in [0.25, 0.3) is 0 Å². The van der Waals surface area contributed by atoms with E-state index >= 15 is 0 Å². The first kappa shape index (κ1) is 19.4. The van der Waals surface area contributed by atoms with Gasteiger partial charge in [0.1, 0.15) is 5.71 Å². The molecule has 2 aliphatic carbocycles. The summed E-state index contributed by atoms with van der Waals surface area (Å²) in [7, 11) is 0. The molecule has 2 aliphatic heterocycles. The first-order valence-corrected chi connectivity index (χ1v) is 11.8. The Bertz CT molecular complexity index is 1060. The van der Waals surface area contributed by atoms with Gasteiger partial charge in [0.15, 0.2) is 5.60 Å². The zero-order valence-corrected chi connectivity index (χ0v) is 18.8. The Morgan fingerprint density at radius 2 is 1.71 bits per heavy atom. The summed E-state index contributed by atoms with van der Waals surface area (Å²) in [5.74, 6) is 1.37. The van der Waals surface area contributed by atoms with E-state index in [9.17, 15) is 0 Å². The number of hydrogen-bond donors (Lipinski definition) is 0. The summed E-state index contributed by atoms with van der Waals surface area (Å²) in [5, 5.41) is 12.7. The molecule has 0 amide bonds. The highest BCUT2D eigenvalue weighted by molar-refractivity contribution is 6.43. The Balaban J connectivity index is 1.32. The number of hydrogen-bond acceptors (Lipinski definition) is 4. The molecule has 0 N–H and O–H groups in total. The van der Waals surface area contributed by atoms with Crippen LogP contribution in [-0.2, 0) is 4.84 Å². The van der Waals surface area contributed by atoms with Crippen molar-refractivity contribution >= 4 is 28.7 Å². The lowest BCUT2D eigenvalue weighted by atomic mass is 9.63. The summed E-state index contributed by atoms with van der Waals surface area (Å²) in [6.07, 6.45) is 5.59. The molecule has 0 radical (unpaired) electrons. The second-order valence-electron chi connectivity index (χ2n) is 10.1. The normalized spacial score (nSPS) is 33.0. The minimum absolute atomic E-state index is 0.127. The van der Waals surface area contributed by atoms with Crippen molar-refractivity contribution in [2.45, 2.75) is 57.6 Å². The van der Waals surface area contributed by atoms with Crippen molar-refractivity contribution < 1.29 is 4.84 Å². The van der Waals surface area contributed by atoms with E-state index < -0.39 is 0 Å². The van der Waals surface area contributed by atoms with E-state index in [0.29, 0.717) is 5.92 Å². The predicted molar refractivity (Wildman–Crippen MR) is 126 cm³/mol. The molecule has 2 aromatic rings. The third-order valence-electron chi connectivity index (χ3n) is 8.47. The maximum Gasteiger partial charge on any atom is 0.151 e. The van der Waals surface area contributed by atoms with Gasteiger partial charge >= 0.3 is 0 Å². The fraction of sp³-hybridized carbons (Fsp3) is 0.462. The number of fused-ring (bicyclic) bond motifs is 3. The third kappa shape index (κ3) is 2.80. The van der Waals surface area contributed by atoms with Gasteiger partial charge in [-0.05, 0) is 55.0 Å². The monoisotopic (exact) mass is 433 g/mol. The molecule has 6 rings (SSSR count). The molecule has 4 atom stereocenters. The smallest absolute Gasteiger partial charge is 0.151 e. The first-order valence-electron chi connectivity index (χ1n) is 11.4. The van der Waals surface area contributed by atoms with E-state index in [4.69, 9.17) is 21.5 Å². The zero-order valence-electron chi connectivity index (χ0n) is 18.1. The molecule has 5 heteroatoms. The molecule has 2 saturated carbocycles. The predicted octanol–water partition coefficient (Wildman–Crippen LogP) is 6.62. The van der Waals surface area contributed by atoms with Crippen LogP contribution in [0, 0.1) is 17.3 Å². The first-order chi connectivity index (χ1) is 15.0. The van der Waals surface area contributed by atoms with Gasteiger partial charge in [-0.15, -0.1) is 0 Å². The Kier molecular flexibility index (Phi) is 4.27. The van der Waals surface area contributed by atoms with Gasteiger partial charge < -0.3 is 4.84 Å². The van der Waals surface area contributed by atoms with Gasteiger partial charge in [0.05, 0.1) is 17.4 Å². The van der Waals surface area contributed by atoms with Crippen LogP contribution < -0.4 is 5.01 Å². The van der Waals surface area contributed by atoms with Crippen molar-refractivity contribution in [2.24, 2.45) is 27.5 Å². The molecule has 2 heterocycles. The van der Waals surface area contributed by atoms with Crippen LogP contribution >= 0.6 is 11.6 Å². The summed E-state index contributed by atoms with van der Waals surface area (Å²) in [6.45, 7) is 4.77. The standard InChI is InChI=1S/C26H28ClN3O/c1-25(2)18-10-11-19(14-18)26(25)16-23(29-31-26)22-15-24(17-8-12-20(27)13-9-17)30(28-22)21-6-4-3-5-7-21/h3-9,12-13,18-19,24H,10-11,14-16H2,1-2H3/t18-,19+,24?,26?/m1/s1. The number of rotatable bonds is 3. The van der Waals surface area contributed by atoms with Crippen LogP contribution in [0.3, 0.4) is 0 Å². The largest absolute Gasteiger partial charge is 0.388 e. The highest BCUT2D eigenvalue weighted by atomic mass is 35.5. The van der Waals surface area contributed by atoms with E-state index in [0.717, 1.165) is 40.9 Å². The molecule has 31 heavy (non-hydrogen) atoms. The van der Waals surface area contributed by atoms with Gasteiger partial charge in [-0.3, -0.25) is 5.01 Å². The van der Waals surface area contributed by atoms with Crippen molar-refractivity contribution in [3.05, 3.63) is 65.2 Å². The number of nitrogens with zero attached hydrogens (tertiary/aromatic N) is 3. The molecule has 0 saturated heterocycles. The van der Waals surface area contributed by atoms with Gasteiger partial charge in [-0.25, -0.2) is 0 Å². The maximum absolute atomic E-state index is 6.34. The fourth-order valence-corrected chi connectivity index (χ4v) is 6.68. The van der Waals surface area contributed by atoms with Crippen molar-refractivity contribution in [3.63, 3.8) is 0 Å². The van der Waals surface area contributed by atoms with Gasteiger partial charge in [-0.1, -0.05) is 60.9 Å². The zero-order chi connectivity index (χ0) is 21.2. The molecule has 160 valence electrons. The highest BCUT2D eigenvalue weighted by Gasteiger charge is 2.67. The number of halogens is 1. The Morgan fingerprint density at radius 1 is 0.968 bits per heavy atom. The quantitative estimate of drug-likeness (QED) is 0.545. The molecule has 2 fully saturated rings. The van der Waals surface area contributed by atoms with Gasteiger partial charge in [0, 0.05) is 29.2 Å². The van der Waals surface area contributed by atoms with Crippen LogP contribution in [0.4, 0.5) is 5.69 Å². The van der Waals surface area contributed by atoms with Gasteiger partial charge in [-0.2, -0.15) is 5.10 Å². The van der Waals surface area contributed by atoms with E-state index in [-0.39, 0.29) is 17.1 Å². The second kappa shape index (κ2) is 6.83. The summed E-state index contributed by atoms with van der Waals surface area (Å²) in [5.41, 5.74) is 4.41. The Hall–Kier alpha value is -2.33. The summed E-state index contributed by atoms with van der Waals surface area (Å²) >= 11 is 6.15. The van der Waals surface area contributed by atoms with Crippen LogP contribution in [0.1, 0.15) is 57.6 Å². The Morgan fingerprint density at radius 3 is 2.42 bits per heavy atom. The van der Waals surface area contributed by atoms with Crippen LogP contribution in [0.5, 0.6) is 0 Å². The fourth-order valence-electron chi connectivity index (χ4n) is 6.55. The molecule has 0 aromatic heterocycles. The molecule has 2 aromatic carbocycles. The molecule has 4 aliphatic rings. The average Bonchev–Trinajstić information content (AvgIpc) is 3.54. The number of para-hydroxylation sites is 1. The maximum atomic E-state index is 6.34. The van der Waals surface area contributed by atoms with Crippen molar-refractivity contribution in [3.8, 4) is 0 Å². The number of benzene rings is 2. The summed E-state index contributed by atoms with van der Waals surface area (Å²) < 4.78 is 0. The van der Waals surface area contributed by atoms with Crippen LogP contribution in [-0.4, -0.2) is 17.0 Å². The molecule has 1 spiro atoms. The second-order valence-corrected chi connectivity index (χ2v) is 10.6. The summed E-state index contributed by atoms with van der Waals surface area (Å²) in [4.78, 5) is 6.34. The third-order valence-corrected chi connectivity index (χ3v) is 8.72. The molecule has 2 unspecified atom stereocenters. The van der Waals surface area contributed by atoms with Gasteiger partial charge in [0.2, 0.25) is 0 Å². The van der Waals surface area contributed by atoms with Crippen LogP contribution in [0.15, 0.2) is 64.9 Å². The lowest BCUT2D eigenvalue weighted by Crippen LogP contribution is -2.49. The summed E-state index contributed by atoms with van der Waals surface area (Å²) in [6, 6.07) is 18.6. The van der Waals surface area contributed by atoms with E-state index in [1.54, 1.807) is 0 Å². The number of hydrazone groups is 1. The number of anilines is 1. The molecular formula is C26H28ClN3O. The SMILES string of the molecule is CC1(C)[C@@H]2CC[C@@H](C2)C12CC(C1=NN(c3ccccc3)C(c3ccc(Cl)cc3)C1)=NO2. The lowest BCUT2D eigenvalue weighted by molar-refractivity contribution is -0.135. The molecule has 4 nitrogen and oxygen atoms in total. The van der Waals surface area contributed by atoms with Crippen LogP contribution in [0.25, 0.3) is 0 Å². The van der Waals surface area contributed by atoms with Crippen molar-refractivity contribution in [1.82, 2.24) is 0 Å². The van der Waals surface area contributed by atoms with E-state index in [2.05, 4.69) is 60.4 Å². The topological polar surface area (TPSA) is 37.2 Å². The minimum atomic E-state index is -0.149. The molecule has 2 bridgehead atoms. The number of oxime groups is 1. The van der Waals surface area contributed by atoms with Crippen molar-refractivity contribution in [2.75, 3.05) is 5.01 Å². The Labute approximate surface area is 188 Å². The van der Waals surface area contributed by atoms with Crippen molar-refractivity contribution in [1.29, 1.82) is 0 Å². The van der Waals surface area contributed by atoms with E-state index in [1.807, 2.05) is 18.2 Å². The van der Waals surface area contributed by atoms with Crippen LogP contribution in [0.2, 0.25) is 5.02 Å². The highest BCUT2D eigenvalue weighted by Crippen LogP contribution is 2.65. The van der Waals surface area contributed by atoms with E-state index in [1.165, 1.54) is 24.8 Å². The lowest BCUT2D eigenvalue weighted by Gasteiger charge is -2.44.